The van der Waals surface area contributed by atoms with Gasteiger partial charge in [0.1, 0.15) is 12.2 Å². The molecule has 1 heterocycles. The maximum Gasteiger partial charge on any atom is 0.316 e. The summed E-state index contributed by atoms with van der Waals surface area (Å²) in [6.45, 7) is 16.1. The van der Waals surface area contributed by atoms with Crippen LogP contribution >= 0.6 is 0 Å². The van der Waals surface area contributed by atoms with Gasteiger partial charge in [-0.25, -0.2) is 0 Å². The van der Waals surface area contributed by atoms with Crippen LogP contribution in [0.3, 0.4) is 0 Å². The number of hydrogen-bond donors (Lipinski definition) is 3. The Bertz CT molecular complexity index is 1240. The number of aliphatic hydroxyl groups is 3. The van der Waals surface area contributed by atoms with Crippen LogP contribution in [0.5, 0.6) is 0 Å². The van der Waals surface area contributed by atoms with Crippen molar-refractivity contribution in [1.29, 1.82) is 0 Å². The van der Waals surface area contributed by atoms with Crippen molar-refractivity contribution >= 4 is 11.8 Å². The summed E-state index contributed by atoms with van der Waals surface area (Å²) in [5.74, 6) is 1.16. The zero-order valence-corrected chi connectivity index (χ0v) is 28.9. The van der Waals surface area contributed by atoms with Crippen molar-refractivity contribution in [2.75, 3.05) is 13.7 Å². The molecule has 0 radical (unpaired) electrons. The summed E-state index contributed by atoms with van der Waals surface area (Å²) >= 11 is 0. The highest BCUT2D eigenvalue weighted by molar-refractivity contribution is 6.05. The Morgan fingerprint density at radius 2 is 1.67 bits per heavy atom. The number of rotatable bonds is 5. The van der Waals surface area contributed by atoms with Crippen molar-refractivity contribution in [1.82, 2.24) is 0 Å². The molecule has 5 fully saturated rings. The number of ketones is 1. The Hall–Kier alpha value is -1.32. The Labute approximate surface area is 269 Å². The van der Waals surface area contributed by atoms with Gasteiger partial charge in [0.2, 0.25) is 0 Å². The third kappa shape index (κ3) is 4.54. The van der Waals surface area contributed by atoms with Gasteiger partial charge in [-0.05, 0) is 108 Å². The van der Waals surface area contributed by atoms with Crippen LogP contribution in [0, 0.1) is 50.7 Å². The van der Waals surface area contributed by atoms with Gasteiger partial charge in [0, 0.05) is 12.8 Å². The molecule has 8 heteroatoms. The molecule has 8 nitrogen and oxygen atoms in total. The summed E-state index contributed by atoms with van der Waals surface area (Å²) in [5.41, 5.74) is 1.26. The second-order valence-corrected chi connectivity index (χ2v) is 17.3. The minimum absolute atomic E-state index is 0.0226. The maximum atomic E-state index is 13.6. The first kappa shape index (κ1) is 33.6. The average Bonchev–Trinajstić information content (AvgIpc) is 3.29. The van der Waals surface area contributed by atoms with E-state index in [0.29, 0.717) is 18.3 Å². The van der Waals surface area contributed by atoms with Gasteiger partial charge in [0.25, 0.3) is 0 Å². The fourth-order valence-corrected chi connectivity index (χ4v) is 12.6. The first-order chi connectivity index (χ1) is 21.0. The van der Waals surface area contributed by atoms with E-state index in [4.69, 9.17) is 14.2 Å². The van der Waals surface area contributed by atoms with Gasteiger partial charge in [-0.2, -0.15) is 0 Å². The van der Waals surface area contributed by atoms with Crippen LogP contribution in [0.25, 0.3) is 0 Å². The van der Waals surface area contributed by atoms with E-state index in [0.717, 1.165) is 56.1 Å². The van der Waals surface area contributed by atoms with Crippen LogP contribution in [0.2, 0.25) is 0 Å². The summed E-state index contributed by atoms with van der Waals surface area (Å²) < 4.78 is 17.9. The number of ether oxygens (including phenoxy) is 3. The minimum atomic E-state index is -1.11. The Morgan fingerprint density at radius 1 is 0.956 bits per heavy atom. The van der Waals surface area contributed by atoms with Crippen LogP contribution < -0.4 is 0 Å². The van der Waals surface area contributed by atoms with Gasteiger partial charge < -0.3 is 29.5 Å². The van der Waals surface area contributed by atoms with E-state index in [9.17, 15) is 24.9 Å². The average molecular weight is 631 g/mol. The largest absolute Gasteiger partial charge is 0.468 e. The lowest BCUT2D eigenvalue weighted by atomic mass is 9.33. The second-order valence-electron chi connectivity index (χ2n) is 17.3. The number of fused-ring (bicyclic) bond motifs is 7. The van der Waals surface area contributed by atoms with Crippen molar-refractivity contribution < 1.29 is 39.1 Å². The van der Waals surface area contributed by atoms with E-state index >= 15 is 0 Å². The highest BCUT2D eigenvalue weighted by atomic mass is 16.7. The van der Waals surface area contributed by atoms with Gasteiger partial charge in [-0.3, -0.25) is 9.59 Å². The predicted molar refractivity (Wildman–Crippen MR) is 169 cm³/mol. The van der Waals surface area contributed by atoms with Crippen LogP contribution in [-0.4, -0.2) is 71.5 Å². The molecule has 0 aromatic rings. The first-order valence-corrected chi connectivity index (χ1v) is 17.7. The molecule has 0 aromatic carbocycles. The van der Waals surface area contributed by atoms with E-state index in [1.54, 1.807) is 0 Å². The van der Waals surface area contributed by atoms with E-state index in [1.807, 2.05) is 0 Å². The summed E-state index contributed by atoms with van der Waals surface area (Å²) in [5, 5.41) is 30.3. The van der Waals surface area contributed by atoms with E-state index in [1.165, 1.54) is 7.11 Å². The zero-order valence-electron chi connectivity index (χ0n) is 28.9. The number of Topliss-reactive ketones (excluding diaryl/α,β-unsaturated/α-hetero) is 1. The molecule has 0 amide bonds. The number of aliphatic hydroxyl groups excluding tert-OH is 3. The molecule has 3 N–H and O–H groups in total. The molecule has 254 valence electrons. The smallest absolute Gasteiger partial charge is 0.316 e. The standard InChI is InChI=1S/C37H58O8/c1-20(2)29-23(40)18-37(32(42)43-8)16-15-35(6)21(30(29)37)9-10-26-34(5)13-12-27(33(3,4)25(34)11-14-36(26,35)7)45-28-17-22(39)31(41)24(19-38)44-28/h20-22,24-28,31,38-39,41H,9-19H2,1-8H3/t21?,22-,24-,25?,26?,27?,28?,31-,34?,35?,36?,37?/m1/s1. The van der Waals surface area contributed by atoms with Gasteiger partial charge in [0.15, 0.2) is 12.1 Å². The fourth-order valence-electron chi connectivity index (χ4n) is 12.6. The molecular weight excluding hydrogens is 572 g/mol. The van der Waals surface area contributed by atoms with Crippen molar-refractivity contribution in [3.05, 3.63) is 11.1 Å². The molecule has 4 saturated carbocycles. The van der Waals surface area contributed by atoms with Crippen molar-refractivity contribution in [3.63, 3.8) is 0 Å². The number of methoxy groups -OCH3 is 1. The number of allylic oxidation sites excluding steroid dienone is 1. The topological polar surface area (TPSA) is 123 Å². The molecule has 1 saturated heterocycles. The first-order valence-electron chi connectivity index (χ1n) is 17.7. The van der Waals surface area contributed by atoms with E-state index < -0.39 is 30.0 Å². The van der Waals surface area contributed by atoms with Crippen molar-refractivity contribution in [3.8, 4) is 0 Å². The summed E-state index contributed by atoms with van der Waals surface area (Å²) in [7, 11) is 1.47. The monoisotopic (exact) mass is 630 g/mol. The Kier molecular flexibility index (Phi) is 8.29. The van der Waals surface area contributed by atoms with Crippen LogP contribution in [0.15, 0.2) is 11.1 Å². The van der Waals surface area contributed by atoms with Crippen molar-refractivity contribution in [2.45, 2.75) is 143 Å². The third-order valence-corrected chi connectivity index (χ3v) is 15.0. The van der Waals surface area contributed by atoms with Gasteiger partial charge in [0.05, 0.1) is 31.3 Å². The van der Waals surface area contributed by atoms with Gasteiger partial charge in [-0.15, -0.1) is 0 Å². The van der Waals surface area contributed by atoms with Gasteiger partial charge >= 0.3 is 5.97 Å². The SMILES string of the molecule is COC(=O)C12CCC3(C)C(CCC4C5(C)CCC(OC6C[C@@H](O)[C@@H](O)[C@@H](CO)O6)C(C)(C)C5CCC43C)C1=C(C(C)C)C(=O)C2. The van der Waals surface area contributed by atoms with E-state index in [-0.39, 0.29) is 70.8 Å². The number of esters is 1. The summed E-state index contributed by atoms with van der Waals surface area (Å²) in [4.78, 5) is 27.1. The molecule has 1 aliphatic heterocycles. The molecular formula is C37H58O8. The molecule has 45 heavy (non-hydrogen) atoms. The molecule has 9 unspecified atom stereocenters. The quantitative estimate of drug-likeness (QED) is 0.274. The molecule has 0 aromatic heterocycles. The minimum Gasteiger partial charge on any atom is -0.468 e. The third-order valence-electron chi connectivity index (χ3n) is 15.0. The van der Waals surface area contributed by atoms with E-state index in [2.05, 4.69) is 48.5 Å². The fraction of sp³-hybridized carbons (Fsp3) is 0.892. The number of hydrogen-bond acceptors (Lipinski definition) is 8. The molecule has 12 atom stereocenters. The lowest BCUT2D eigenvalue weighted by molar-refractivity contribution is -0.300. The Morgan fingerprint density at radius 3 is 2.31 bits per heavy atom. The zero-order chi connectivity index (χ0) is 32.9. The van der Waals surface area contributed by atoms with Gasteiger partial charge in [-0.1, -0.05) is 48.5 Å². The molecule has 0 bridgehead atoms. The van der Waals surface area contributed by atoms with Crippen molar-refractivity contribution in [2.24, 2.45) is 50.7 Å². The molecule has 0 spiro atoms. The number of carbonyl (C=O) groups excluding carboxylic acids is 2. The normalized spacial score (nSPS) is 49.2. The lowest BCUT2D eigenvalue weighted by Crippen LogP contribution is -2.66. The lowest BCUT2D eigenvalue weighted by Gasteiger charge is -2.72. The summed E-state index contributed by atoms with van der Waals surface area (Å²) in [6.07, 6.45) is 4.59. The predicted octanol–water partition coefficient (Wildman–Crippen LogP) is 5.35. The van der Waals surface area contributed by atoms with Crippen LogP contribution in [0.4, 0.5) is 0 Å². The van der Waals surface area contributed by atoms with Crippen LogP contribution in [0.1, 0.15) is 113 Å². The highest BCUT2D eigenvalue weighted by Crippen LogP contribution is 2.76. The maximum absolute atomic E-state index is 13.6. The highest BCUT2D eigenvalue weighted by Gasteiger charge is 2.71. The molecule has 6 rings (SSSR count). The molecule has 6 aliphatic rings. The summed E-state index contributed by atoms with van der Waals surface area (Å²) in [6, 6.07) is 0. The number of carbonyl (C=O) groups is 2. The Balaban J connectivity index is 1.30. The van der Waals surface area contributed by atoms with Crippen LogP contribution in [-0.2, 0) is 23.8 Å². The second kappa shape index (κ2) is 11.1. The molecule has 5 aliphatic carbocycles.